The molecule has 1 aliphatic rings. The molecule has 1 aliphatic carbocycles. The molecule has 22 heavy (non-hydrogen) atoms. The molecule has 0 bridgehead atoms. The van der Waals surface area contributed by atoms with Crippen LogP contribution in [0.5, 0.6) is 11.5 Å². The van der Waals surface area contributed by atoms with Gasteiger partial charge in [0.2, 0.25) is 0 Å². The van der Waals surface area contributed by atoms with Crippen molar-refractivity contribution in [2.24, 2.45) is 5.41 Å². The SMILES string of the molecule is C=C1CCCC(C)(C)/C1=C/Cc1ccc(OC)c(OC)c1Br. The van der Waals surface area contributed by atoms with Crippen LogP contribution in [-0.2, 0) is 6.42 Å². The van der Waals surface area contributed by atoms with Crippen molar-refractivity contribution >= 4 is 15.9 Å². The Hall–Kier alpha value is -1.22. The lowest BCUT2D eigenvalue weighted by molar-refractivity contribution is 0.352. The highest BCUT2D eigenvalue weighted by atomic mass is 79.9. The summed E-state index contributed by atoms with van der Waals surface area (Å²) in [4.78, 5) is 0. The Morgan fingerprint density at radius 1 is 1.27 bits per heavy atom. The van der Waals surface area contributed by atoms with Gasteiger partial charge in [-0.25, -0.2) is 0 Å². The van der Waals surface area contributed by atoms with E-state index in [0.717, 1.165) is 28.8 Å². The van der Waals surface area contributed by atoms with Crippen LogP contribution in [0.25, 0.3) is 0 Å². The van der Waals surface area contributed by atoms with Gasteiger partial charge < -0.3 is 9.47 Å². The van der Waals surface area contributed by atoms with Gasteiger partial charge in [-0.05, 0) is 64.2 Å². The monoisotopic (exact) mass is 364 g/mol. The second kappa shape index (κ2) is 6.91. The molecule has 0 spiro atoms. The first-order valence-electron chi connectivity index (χ1n) is 7.69. The van der Waals surface area contributed by atoms with Gasteiger partial charge >= 0.3 is 0 Å². The number of methoxy groups -OCH3 is 2. The molecule has 0 amide bonds. The molecule has 0 radical (unpaired) electrons. The summed E-state index contributed by atoms with van der Waals surface area (Å²) >= 11 is 3.65. The van der Waals surface area contributed by atoms with E-state index < -0.39 is 0 Å². The number of benzene rings is 1. The van der Waals surface area contributed by atoms with Crippen LogP contribution in [0.3, 0.4) is 0 Å². The zero-order valence-electron chi connectivity index (χ0n) is 14.0. The molecule has 0 aliphatic heterocycles. The molecule has 0 N–H and O–H groups in total. The Balaban J connectivity index is 2.31. The topological polar surface area (TPSA) is 18.5 Å². The number of allylic oxidation sites excluding steroid dienone is 3. The Morgan fingerprint density at radius 3 is 2.59 bits per heavy atom. The van der Waals surface area contributed by atoms with Gasteiger partial charge in [0.1, 0.15) is 0 Å². The van der Waals surface area contributed by atoms with Gasteiger partial charge in [0.15, 0.2) is 11.5 Å². The van der Waals surface area contributed by atoms with E-state index in [1.807, 2.05) is 6.07 Å². The summed E-state index contributed by atoms with van der Waals surface area (Å²) in [5, 5.41) is 0. The third kappa shape index (κ3) is 3.40. The molecule has 3 heteroatoms. The second-order valence-corrected chi connectivity index (χ2v) is 7.23. The quantitative estimate of drug-likeness (QED) is 0.681. The lowest BCUT2D eigenvalue weighted by atomic mass is 9.71. The largest absolute Gasteiger partial charge is 0.493 e. The summed E-state index contributed by atoms with van der Waals surface area (Å²) in [6.07, 6.45) is 6.77. The maximum atomic E-state index is 5.45. The standard InChI is InChI=1S/C19H25BrO2/c1-13-7-6-12-19(2,3)15(13)10-8-14-9-11-16(21-4)18(22-5)17(14)20/h9-11H,1,6-8,12H2,2-5H3/b15-10+. The summed E-state index contributed by atoms with van der Waals surface area (Å²) in [6, 6.07) is 4.04. The Bertz CT molecular complexity index is 600. The van der Waals surface area contributed by atoms with E-state index in [0.29, 0.717) is 0 Å². The first kappa shape index (κ1) is 17.1. The van der Waals surface area contributed by atoms with Gasteiger partial charge in [0.05, 0.1) is 18.7 Å². The Labute approximate surface area is 142 Å². The van der Waals surface area contributed by atoms with Crippen molar-refractivity contribution in [3.63, 3.8) is 0 Å². The summed E-state index contributed by atoms with van der Waals surface area (Å²) < 4.78 is 11.7. The van der Waals surface area contributed by atoms with Crippen LogP contribution in [-0.4, -0.2) is 14.2 Å². The lowest BCUT2D eigenvalue weighted by Crippen LogP contribution is -2.20. The first-order valence-corrected chi connectivity index (χ1v) is 8.48. The molecule has 0 saturated heterocycles. The number of ether oxygens (including phenoxy) is 2. The molecule has 1 aromatic carbocycles. The minimum atomic E-state index is 0.221. The molecule has 2 nitrogen and oxygen atoms in total. The normalized spacial score (nSPS) is 19.3. The molecule has 120 valence electrons. The van der Waals surface area contributed by atoms with E-state index in [9.17, 15) is 0 Å². The third-order valence-electron chi connectivity index (χ3n) is 4.48. The highest BCUT2D eigenvalue weighted by molar-refractivity contribution is 9.10. The van der Waals surface area contributed by atoms with E-state index in [-0.39, 0.29) is 5.41 Å². The van der Waals surface area contributed by atoms with Crippen LogP contribution in [0.15, 0.2) is 40.4 Å². The maximum Gasteiger partial charge on any atom is 0.175 e. The van der Waals surface area contributed by atoms with E-state index in [4.69, 9.17) is 9.47 Å². The average Bonchev–Trinajstić information content (AvgIpc) is 2.47. The third-order valence-corrected chi connectivity index (χ3v) is 5.35. The minimum Gasteiger partial charge on any atom is -0.493 e. The van der Waals surface area contributed by atoms with Gasteiger partial charge in [-0.1, -0.05) is 38.1 Å². The predicted octanol–water partition coefficient (Wildman–Crippen LogP) is 5.70. The maximum absolute atomic E-state index is 5.45. The number of halogens is 1. The van der Waals surface area contributed by atoms with Crippen LogP contribution in [0.4, 0.5) is 0 Å². The second-order valence-electron chi connectivity index (χ2n) is 6.44. The Kier molecular flexibility index (Phi) is 5.38. The smallest absolute Gasteiger partial charge is 0.175 e. The zero-order valence-corrected chi connectivity index (χ0v) is 15.5. The molecule has 0 aromatic heterocycles. The molecule has 2 rings (SSSR count). The van der Waals surface area contributed by atoms with Crippen molar-refractivity contribution in [1.29, 1.82) is 0 Å². The van der Waals surface area contributed by atoms with Gasteiger partial charge in [0.25, 0.3) is 0 Å². The van der Waals surface area contributed by atoms with Crippen molar-refractivity contribution in [1.82, 2.24) is 0 Å². The van der Waals surface area contributed by atoms with Gasteiger partial charge in [0, 0.05) is 0 Å². The fourth-order valence-corrected chi connectivity index (χ4v) is 3.86. The van der Waals surface area contributed by atoms with Gasteiger partial charge in [-0.15, -0.1) is 0 Å². The van der Waals surface area contributed by atoms with E-state index in [1.165, 1.54) is 29.6 Å². The highest BCUT2D eigenvalue weighted by Crippen LogP contribution is 2.43. The van der Waals surface area contributed by atoms with Gasteiger partial charge in [-0.2, -0.15) is 0 Å². The summed E-state index contributed by atoms with van der Waals surface area (Å²) in [5.74, 6) is 1.49. The number of rotatable bonds is 4. The summed E-state index contributed by atoms with van der Waals surface area (Å²) in [7, 11) is 3.32. The molecular formula is C19H25BrO2. The van der Waals surface area contributed by atoms with Crippen molar-refractivity contribution in [3.05, 3.63) is 46.0 Å². The van der Waals surface area contributed by atoms with E-state index in [1.54, 1.807) is 14.2 Å². The van der Waals surface area contributed by atoms with Crippen LogP contribution >= 0.6 is 15.9 Å². The molecule has 0 unspecified atom stereocenters. The molecule has 1 fully saturated rings. The first-order chi connectivity index (χ1) is 10.4. The van der Waals surface area contributed by atoms with Crippen molar-refractivity contribution in [3.8, 4) is 11.5 Å². The zero-order chi connectivity index (χ0) is 16.3. The molecule has 1 aromatic rings. The minimum absolute atomic E-state index is 0.221. The van der Waals surface area contributed by atoms with Crippen molar-refractivity contribution in [2.75, 3.05) is 14.2 Å². The van der Waals surface area contributed by atoms with E-state index in [2.05, 4.69) is 48.5 Å². The van der Waals surface area contributed by atoms with Crippen LogP contribution < -0.4 is 9.47 Å². The van der Waals surface area contributed by atoms with Crippen LogP contribution in [0.1, 0.15) is 38.7 Å². The average molecular weight is 365 g/mol. The lowest BCUT2D eigenvalue weighted by Gasteiger charge is -2.34. The fraction of sp³-hybridized carbons (Fsp3) is 0.474. The van der Waals surface area contributed by atoms with Gasteiger partial charge in [-0.3, -0.25) is 0 Å². The molecule has 0 atom stereocenters. The Morgan fingerprint density at radius 2 is 2.00 bits per heavy atom. The van der Waals surface area contributed by atoms with Crippen LogP contribution in [0, 0.1) is 5.41 Å². The van der Waals surface area contributed by atoms with Crippen molar-refractivity contribution < 1.29 is 9.47 Å². The van der Waals surface area contributed by atoms with Crippen LogP contribution in [0.2, 0.25) is 0 Å². The predicted molar refractivity (Wildman–Crippen MR) is 95.8 cm³/mol. The summed E-state index contributed by atoms with van der Waals surface area (Å²) in [5.41, 5.74) is 4.10. The number of hydrogen-bond donors (Lipinski definition) is 0. The fourth-order valence-electron chi connectivity index (χ4n) is 3.21. The summed E-state index contributed by atoms with van der Waals surface area (Å²) in [6.45, 7) is 8.89. The highest BCUT2D eigenvalue weighted by Gasteiger charge is 2.28. The molecule has 1 saturated carbocycles. The number of hydrogen-bond acceptors (Lipinski definition) is 2. The molecule has 0 heterocycles. The van der Waals surface area contributed by atoms with E-state index >= 15 is 0 Å². The van der Waals surface area contributed by atoms with Crippen molar-refractivity contribution in [2.45, 2.75) is 39.5 Å². The molecular weight excluding hydrogens is 340 g/mol.